The van der Waals surface area contributed by atoms with Crippen LogP contribution >= 0.6 is 11.8 Å². The number of hydrogen-bond acceptors (Lipinski definition) is 3. The van der Waals surface area contributed by atoms with Crippen LogP contribution in [0.5, 0.6) is 0 Å². The zero-order valence-electron chi connectivity index (χ0n) is 4.63. The molecular weight excluding hydrogens is 120 g/mol. The van der Waals surface area contributed by atoms with E-state index in [1.807, 2.05) is 6.08 Å². The third-order valence-corrected chi connectivity index (χ3v) is 2.30. The Bertz CT molecular complexity index is 111. The molecule has 1 unspecified atom stereocenters. The van der Waals surface area contributed by atoms with Crippen molar-refractivity contribution in [2.45, 2.75) is 11.7 Å². The van der Waals surface area contributed by atoms with Crippen LogP contribution in [-0.2, 0) is 0 Å². The maximum atomic E-state index is 5.47. The fourth-order valence-electron chi connectivity index (χ4n) is 0.681. The molecule has 8 heavy (non-hydrogen) atoms. The van der Waals surface area contributed by atoms with Crippen LogP contribution in [0, 0.1) is 0 Å². The maximum Gasteiger partial charge on any atom is 0.0618 e. The van der Waals surface area contributed by atoms with Gasteiger partial charge in [0.1, 0.15) is 0 Å². The van der Waals surface area contributed by atoms with Gasteiger partial charge in [-0.2, -0.15) is 0 Å². The summed E-state index contributed by atoms with van der Waals surface area (Å²) in [6.45, 7) is 0.738. The Balaban J connectivity index is 2.32. The Morgan fingerprint density at radius 2 is 2.62 bits per heavy atom. The lowest BCUT2D eigenvalue weighted by molar-refractivity contribution is 0.889. The van der Waals surface area contributed by atoms with Crippen molar-refractivity contribution in [1.29, 1.82) is 0 Å². The normalized spacial score (nSPS) is 28.1. The highest BCUT2D eigenvalue weighted by molar-refractivity contribution is 8.03. The van der Waals surface area contributed by atoms with E-state index in [0.29, 0.717) is 5.25 Å². The molecule has 0 spiro atoms. The van der Waals surface area contributed by atoms with Crippen molar-refractivity contribution in [3.63, 3.8) is 0 Å². The molecule has 3 heteroatoms. The second kappa shape index (κ2) is 2.42. The molecule has 0 bridgehead atoms. The maximum absolute atomic E-state index is 5.47. The van der Waals surface area contributed by atoms with E-state index >= 15 is 0 Å². The molecule has 1 aliphatic rings. The minimum Gasteiger partial charge on any atom is -0.394 e. The average molecular weight is 130 g/mol. The minimum atomic E-state index is 0.551. The van der Waals surface area contributed by atoms with Crippen LogP contribution < -0.4 is 11.5 Å². The fraction of sp³-hybridized carbons (Fsp3) is 0.600. The quantitative estimate of drug-likeness (QED) is 0.535. The first kappa shape index (κ1) is 5.98. The van der Waals surface area contributed by atoms with Crippen LogP contribution in [0.4, 0.5) is 0 Å². The van der Waals surface area contributed by atoms with Crippen molar-refractivity contribution < 1.29 is 0 Å². The van der Waals surface area contributed by atoms with Crippen molar-refractivity contribution in [2.24, 2.45) is 11.5 Å². The van der Waals surface area contributed by atoms with Gasteiger partial charge in [-0.3, -0.25) is 0 Å². The van der Waals surface area contributed by atoms with E-state index in [9.17, 15) is 0 Å². The molecule has 1 aliphatic heterocycles. The number of allylic oxidation sites excluding steroid dienone is 1. The third-order valence-electron chi connectivity index (χ3n) is 1.15. The molecule has 2 nitrogen and oxygen atoms in total. The molecule has 0 radical (unpaired) electrons. The molecule has 0 aromatic rings. The molecule has 0 aromatic carbocycles. The fourth-order valence-corrected chi connectivity index (χ4v) is 1.55. The van der Waals surface area contributed by atoms with Gasteiger partial charge in [-0.25, -0.2) is 0 Å². The van der Waals surface area contributed by atoms with Gasteiger partial charge in [0.15, 0.2) is 0 Å². The predicted molar refractivity (Wildman–Crippen MR) is 37.3 cm³/mol. The van der Waals surface area contributed by atoms with E-state index in [-0.39, 0.29) is 0 Å². The zero-order valence-corrected chi connectivity index (χ0v) is 5.45. The second-order valence-corrected chi connectivity index (χ2v) is 3.19. The Kier molecular flexibility index (Phi) is 1.81. The molecule has 0 aromatic heterocycles. The monoisotopic (exact) mass is 130 g/mol. The summed E-state index contributed by atoms with van der Waals surface area (Å²) in [7, 11) is 0. The Hall–Kier alpha value is -0.150. The highest BCUT2D eigenvalue weighted by atomic mass is 32.2. The second-order valence-electron chi connectivity index (χ2n) is 1.82. The highest BCUT2D eigenvalue weighted by Gasteiger charge is 2.12. The summed E-state index contributed by atoms with van der Waals surface area (Å²) in [5.41, 5.74) is 10.9. The summed E-state index contributed by atoms with van der Waals surface area (Å²) in [5.74, 6) is 0. The summed E-state index contributed by atoms with van der Waals surface area (Å²) in [5, 5.41) is 1.48. The van der Waals surface area contributed by atoms with E-state index < -0.39 is 0 Å². The molecule has 0 aliphatic carbocycles. The van der Waals surface area contributed by atoms with Crippen LogP contribution in [0.3, 0.4) is 0 Å². The highest BCUT2D eigenvalue weighted by Crippen LogP contribution is 2.26. The summed E-state index contributed by atoms with van der Waals surface area (Å²) < 4.78 is 0. The molecule has 0 amide bonds. The van der Waals surface area contributed by atoms with Crippen LogP contribution in [0.1, 0.15) is 6.42 Å². The van der Waals surface area contributed by atoms with Crippen LogP contribution in [0.2, 0.25) is 0 Å². The van der Waals surface area contributed by atoms with Gasteiger partial charge < -0.3 is 11.5 Å². The van der Waals surface area contributed by atoms with Crippen molar-refractivity contribution in [3.05, 3.63) is 11.1 Å². The van der Waals surface area contributed by atoms with Crippen molar-refractivity contribution in [1.82, 2.24) is 0 Å². The molecular formula is C5H10N2S. The predicted octanol–water partition coefficient (Wildman–Crippen LogP) is 0.251. The molecule has 46 valence electrons. The van der Waals surface area contributed by atoms with Crippen molar-refractivity contribution in [3.8, 4) is 0 Å². The minimum absolute atomic E-state index is 0.551. The van der Waals surface area contributed by atoms with Gasteiger partial charge in [-0.1, -0.05) is 6.08 Å². The standard InChI is InChI=1S/C5H10N2S/c6-3-4-1-2-5(7)8-4/h2,4H,1,3,6-7H2. The SMILES string of the molecule is NCC1CC=C(N)S1. The van der Waals surface area contributed by atoms with Gasteiger partial charge in [0.05, 0.1) is 5.03 Å². The summed E-state index contributed by atoms with van der Waals surface area (Å²) in [4.78, 5) is 0. The van der Waals surface area contributed by atoms with E-state index in [0.717, 1.165) is 18.0 Å². The van der Waals surface area contributed by atoms with Crippen molar-refractivity contribution >= 4 is 11.8 Å². The first-order valence-electron chi connectivity index (χ1n) is 2.65. The van der Waals surface area contributed by atoms with E-state index in [2.05, 4.69) is 0 Å². The lowest BCUT2D eigenvalue weighted by Gasteiger charge is -2.01. The van der Waals surface area contributed by atoms with Gasteiger partial charge >= 0.3 is 0 Å². The molecule has 0 saturated heterocycles. The molecule has 1 atom stereocenters. The van der Waals surface area contributed by atoms with Gasteiger partial charge in [0.25, 0.3) is 0 Å². The molecule has 4 N–H and O–H groups in total. The first-order valence-corrected chi connectivity index (χ1v) is 3.53. The van der Waals surface area contributed by atoms with Crippen LogP contribution in [0.15, 0.2) is 11.1 Å². The van der Waals surface area contributed by atoms with E-state index in [1.54, 1.807) is 11.8 Å². The Morgan fingerprint density at radius 1 is 1.88 bits per heavy atom. The molecule has 1 rings (SSSR count). The summed E-state index contributed by atoms with van der Waals surface area (Å²) in [6.07, 6.45) is 3.08. The van der Waals surface area contributed by atoms with Gasteiger partial charge in [0.2, 0.25) is 0 Å². The summed E-state index contributed by atoms with van der Waals surface area (Å²) >= 11 is 1.68. The summed E-state index contributed by atoms with van der Waals surface area (Å²) in [6, 6.07) is 0. The molecule has 1 heterocycles. The number of hydrogen-bond donors (Lipinski definition) is 2. The Morgan fingerprint density at radius 3 is 2.88 bits per heavy atom. The van der Waals surface area contributed by atoms with Gasteiger partial charge in [-0.05, 0) is 6.42 Å². The number of rotatable bonds is 1. The van der Waals surface area contributed by atoms with Crippen LogP contribution in [0.25, 0.3) is 0 Å². The zero-order chi connectivity index (χ0) is 5.98. The molecule has 0 fully saturated rings. The first-order chi connectivity index (χ1) is 3.83. The average Bonchev–Trinajstić information content (AvgIpc) is 2.14. The largest absolute Gasteiger partial charge is 0.394 e. The smallest absolute Gasteiger partial charge is 0.0618 e. The van der Waals surface area contributed by atoms with E-state index in [1.165, 1.54) is 0 Å². The van der Waals surface area contributed by atoms with Gasteiger partial charge in [0, 0.05) is 11.8 Å². The lowest BCUT2D eigenvalue weighted by Crippen LogP contribution is -2.13. The Labute approximate surface area is 53.3 Å². The number of nitrogens with two attached hydrogens (primary N) is 2. The third kappa shape index (κ3) is 1.17. The number of thioether (sulfide) groups is 1. The lowest BCUT2D eigenvalue weighted by atomic mass is 10.3. The topological polar surface area (TPSA) is 52.0 Å². The van der Waals surface area contributed by atoms with E-state index in [4.69, 9.17) is 11.5 Å². The van der Waals surface area contributed by atoms with Crippen molar-refractivity contribution in [2.75, 3.05) is 6.54 Å². The molecule has 0 saturated carbocycles. The van der Waals surface area contributed by atoms with Gasteiger partial charge in [-0.15, -0.1) is 11.8 Å². The van der Waals surface area contributed by atoms with Crippen LogP contribution in [-0.4, -0.2) is 11.8 Å².